The van der Waals surface area contributed by atoms with Crippen LogP contribution < -0.4 is 14.8 Å². The maximum atomic E-state index is 10.6. The molecule has 3 aromatic rings. The highest BCUT2D eigenvalue weighted by Crippen LogP contribution is 2.27. The fourth-order valence-electron chi connectivity index (χ4n) is 4.42. The SMILES string of the molecule is CCCOc1ccccc1OCC(O)CNC(C)(C)CN(C)CC(c1ccccc1)c1ccccc1. The molecule has 5 nitrogen and oxygen atoms in total. The zero-order valence-corrected chi connectivity index (χ0v) is 22.2. The molecule has 0 aliphatic rings. The number of benzene rings is 3. The monoisotopic (exact) mass is 490 g/mol. The second-order valence-electron chi connectivity index (χ2n) is 10.1. The first-order valence-electron chi connectivity index (χ1n) is 12.9. The van der Waals surface area contributed by atoms with Gasteiger partial charge in [0.15, 0.2) is 11.5 Å². The Morgan fingerprint density at radius 1 is 0.833 bits per heavy atom. The molecule has 0 saturated heterocycles. The molecular formula is C31H42N2O3. The average molecular weight is 491 g/mol. The number of hydrogen-bond donors (Lipinski definition) is 2. The summed E-state index contributed by atoms with van der Waals surface area (Å²) >= 11 is 0. The normalized spacial score (nSPS) is 12.6. The summed E-state index contributed by atoms with van der Waals surface area (Å²) < 4.78 is 11.6. The molecule has 5 heteroatoms. The number of ether oxygens (including phenoxy) is 2. The van der Waals surface area contributed by atoms with E-state index in [-0.39, 0.29) is 12.1 Å². The van der Waals surface area contributed by atoms with Crippen molar-refractivity contribution in [2.75, 3.05) is 39.9 Å². The van der Waals surface area contributed by atoms with Crippen molar-refractivity contribution in [2.45, 2.75) is 44.8 Å². The maximum absolute atomic E-state index is 10.6. The summed E-state index contributed by atoms with van der Waals surface area (Å²) in [5, 5.41) is 14.1. The van der Waals surface area contributed by atoms with E-state index in [1.165, 1.54) is 11.1 Å². The van der Waals surface area contributed by atoms with Crippen LogP contribution >= 0.6 is 0 Å². The van der Waals surface area contributed by atoms with Gasteiger partial charge in [-0.2, -0.15) is 0 Å². The van der Waals surface area contributed by atoms with E-state index in [9.17, 15) is 5.11 Å². The zero-order valence-electron chi connectivity index (χ0n) is 22.2. The minimum absolute atomic E-state index is 0.185. The van der Waals surface area contributed by atoms with E-state index in [1.807, 2.05) is 24.3 Å². The van der Waals surface area contributed by atoms with Crippen molar-refractivity contribution in [1.29, 1.82) is 0 Å². The fraction of sp³-hybridized carbons (Fsp3) is 0.419. The number of likely N-dealkylation sites (N-methyl/N-ethyl adjacent to an activating group) is 1. The number of rotatable bonds is 15. The summed E-state index contributed by atoms with van der Waals surface area (Å²) in [6, 6.07) is 29.0. The predicted molar refractivity (Wildman–Crippen MR) is 148 cm³/mol. The zero-order chi connectivity index (χ0) is 25.8. The Morgan fingerprint density at radius 3 is 1.92 bits per heavy atom. The molecule has 3 rings (SSSR count). The molecule has 0 amide bonds. The van der Waals surface area contributed by atoms with E-state index in [2.05, 4.69) is 98.7 Å². The number of para-hydroxylation sites is 2. The Labute approximate surface area is 217 Å². The average Bonchev–Trinajstić information content (AvgIpc) is 2.89. The van der Waals surface area contributed by atoms with Crippen LogP contribution in [0.1, 0.15) is 44.2 Å². The van der Waals surface area contributed by atoms with Crippen LogP contribution in [0.4, 0.5) is 0 Å². The first-order chi connectivity index (χ1) is 17.4. The van der Waals surface area contributed by atoms with Crippen LogP contribution in [0, 0.1) is 0 Å². The van der Waals surface area contributed by atoms with Crippen LogP contribution in [0.5, 0.6) is 11.5 Å². The Balaban J connectivity index is 1.51. The molecule has 0 aliphatic heterocycles. The number of aliphatic hydroxyl groups is 1. The molecule has 0 saturated carbocycles. The van der Waals surface area contributed by atoms with Gasteiger partial charge in [0.2, 0.25) is 0 Å². The molecule has 194 valence electrons. The third kappa shape index (κ3) is 8.98. The first-order valence-corrected chi connectivity index (χ1v) is 12.9. The molecule has 0 bridgehead atoms. The van der Waals surface area contributed by atoms with Crippen molar-refractivity contribution >= 4 is 0 Å². The van der Waals surface area contributed by atoms with Gasteiger partial charge in [-0.25, -0.2) is 0 Å². The van der Waals surface area contributed by atoms with Gasteiger partial charge in [-0.05, 0) is 50.6 Å². The third-order valence-corrected chi connectivity index (χ3v) is 6.12. The van der Waals surface area contributed by atoms with E-state index >= 15 is 0 Å². The van der Waals surface area contributed by atoms with Crippen molar-refractivity contribution in [3.63, 3.8) is 0 Å². The van der Waals surface area contributed by atoms with Crippen LogP contribution in [-0.4, -0.2) is 61.5 Å². The second-order valence-corrected chi connectivity index (χ2v) is 10.1. The number of aliphatic hydroxyl groups excluding tert-OH is 1. The Bertz CT molecular complexity index is 971. The van der Waals surface area contributed by atoms with E-state index in [0.29, 0.717) is 30.6 Å². The largest absolute Gasteiger partial charge is 0.490 e. The van der Waals surface area contributed by atoms with Crippen LogP contribution in [-0.2, 0) is 0 Å². The highest BCUT2D eigenvalue weighted by Gasteiger charge is 2.24. The Kier molecular flexibility index (Phi) is 10.8. The van der Waals surface area contributed by atoms with Crippen LogP contribution in [0.25, 0.3) is 0 Å². The van der Waals surface area contributed by atoms with Gasteiger partial charge in [-0.15, -0.1) is 0 Å². The highest BCUT2D eigenvalue weighted by atomic mass is 16.5. The molecule has 36 heavy (non-hydrogen) atoms. The van der Waals surface area contributed by atoms with Crippen molar-refractivity contribution < 1.29 is 14.6 Å². The maximum Gasteiger partial charge on any atom is 0.161 e. The lowest BCUT2D eigenvalue weighted by Crippen LogP contribution is -2.51. The Morgan fingerprint density at radius 2 is 1.36 bits per heavy atom. The van der Waals surface area contributed by atoms with Crippen molar-refractivity contribution in [3.8, 4) is 11.5 Å². The summed E-state index contributed by atoms with van der Waals surface area (Å²) in [6.07, 6.45) is 0.303. The lowest BCUT2D eigenvalue weighted by Gasteiger charge is -2.34. The lowest BCUT2D eigenvalue weighted by molar-refractivity contribution is 0.0931. The predicted octanol–water partition coefficient (Wildman–Crippen LogP) is 5.35. The quantitative estimate of drug-likeness (QED) is 0.301. The van der Waals surface area contributed by atoms with Crippen LogP contribution in [0.3, 0.4) is 0 Å². The Hall–Kier alpha value is -2.86. The molecule has 3 aromatic carbocycles. The van der Waals surface area contributed by atoms with Crippen molar-refractivity contribution in [1.82, 2.24) is 10.2 Å². The molecular weight excluding hydrogens is 448 g/mol. The lowest BCUT2D eigenvalue weighted by atomic mass is 9.90. The summed E-state index contributed by atoms with van der Waals surface area (Å²) in [5.41, 5.74) is 2.45. The molecule has 0 aromatic heterocycles. The minimum atomic E-state index is -0.629. The smallest absolute Gasteiger partial charge is 0.161 e. The topological polar surface area (TPSA) is 54.0 Å². The number of nitrogens with zero attached hydrogens (tertiary/aromatic N) is 1. The van der Waals surface area contributed by atoms with Crippen LogP contribution in [0.2, 0.25) is 0 Å². The van der Waals surface area contributed by atoms with Gasteiger partial charge in [0.1, 0.15) is 12.7 Å². The standard InChI is InChI=1S/C31H42N2O3/c1-5-20-35-29-18-12-13-19-30(29)36-23-27(34)21-32-31(2,3)24-33(4)22-28(25-14-8-6-9-15-25)26-16-10-7-11-17-26/h6-19,27-28,32,34H,5,20-24H2,1-4H3. The molecule has 0 heterocycles. The number of β-amino-alcohol motifs (C(OH)–C–C–N with tert-alkyl or cyclic N) is 1. The van der Waals surface area contributed by atoms with Gasteiger partial charge in [-0.3, -0.25) is 0 Å². The van der Waals surface area contributed by atoms with E-state index in [1.54, 1.807) is 0 Å². The number of nitrogens with one attached hydrogen (secondary N) is 1. The first kappa shape index (κ1) is 27.7. The molecule has 2 N–H and O–H groups in total. The summed E-state index contributed by atoms with van der Waals surface area (Å²) in [6.45, 7) is 9.44. The van der Waals surface area contributed by atoms with E-state index in [0.717, 1.165) is 19.5 Å². The molecule has 0 aliphatic carbocycles. The molecule has 0 fully saturated rings. The van der Waals surface area contributed by atoms with Gasteiger partial charge >= 0.3 is 0 Å². The van der Waals surface area contributed by atoms with Gasteiger partial charge in [0.25, 0.3) is 0 Å². The van der Waals surface area contributed by atoms with Crippen molar-refractivity contribution in [2.24, 2.45) is 0 Å². The molecule has 1 atom stereocenters. The minimum Gasteiger partial charge on any atom is -0.490 e. The summed E-state index contributed by atoms with van der Waals surface area (Å²) in [5.74, 6) is 1.67. The van der Waals surface area contributed by atoms with E-state index < -0.39 is 6.10 Å². The van der Waals surface area contributed by atoms with Gasteiger partial charge in [-0.1, -0.05) is 79.7 Å². The second kappa shape index (κ2) is 14.0. The number of hydrogen-bond acceptors (Lipinski definition) is 5. The highest BCUT2D eigenvalue weighted by molar-refractivity contribution is 5.39. The summed E-state index contributed by atoms with van der Waals surface area (Å²) in [4.78, 5) is 2.36. The molecule has 1 unspecified atom stereocenters. The van der Waals surface area contributed by atoms with Crippen LogP contribution in [0.15, 0.2) is 84.9 Å². The molecule has 0 radical (unpaired) electrons. The van der Waals surface area contributed by atoms with E-state index in [4.69, 9.17) is 9.47 Å². The molecule has 0 spiro atoms. The van der Waals surface area contributed by atoms with Gasteiger partial charge < -0.3 is 24.8 Å². The van der Waals surface area contributed by atoms with Gasteiger partial charge in [0, 0.05) is 31.1 Å². The third-order valence-electron chi connectivity index (χ3n) is 6.12. The summed E-state index contributed by atoms with van der Waals surface area (Å²) in [7, 11) is 2.16. The fourth-order valence-corrected chi connectivity index (χ4v) is 4.42. The van der Waals surface area contributed by atoms with Crippen molar-refractivity contribution in [3.05, 3.63) is 96.1 Å². The van der Waals surface area contributed by atoms with Gasteiger partial charge in [0.05, 0.1) is 6.61 Å².